The number of nitrogens with zero attached hydrogens (tertiary/aromatic N) is 2. The predicted molar refractivity (Wildman–Crippen MR) is 126 cm³/mol. The van der Waals surface area contributed by atoms with Crippen LogP contribution in [0.1, 0.15) is 50.5 Å². The first-order chi connectivity index (χ1) is 15.6. The zero-order chi connectivity index (χ0) is 22.3. The van der Waals surface area contributed by atoms with Gasteiger partial charge in [0.1, 0.15) is 5.52 Å². The number of pyridine rings is 1. The van der Waals surface area contributed by atoms with Gasteiger partial charge >= 0.3 is 0 Å². The second-order valence-electron chi connectivity index (χ2n) is 8.02. The zero-order valence-electron chi connectivity index (χ0n) is 18.1. The lowest BCUT2D eigenvalue weighted by atomic mass is 9.84. The number of rotatable bonds is 4. The lowest BCUT2D eigenvalue weighted by Gasteiger charge is -2.22. The number of hydrogen-bond acceptors (Lipinski definition) is 5. The summed E-state index contributed by atoms with van der Waals surface area (Å²) in [5.74, 6) is -0.0985. The van der Waals surface area contributed by atoms with Gasteiger partial charge in [-0.3, -0.25) is 9.78 Å². The Morgan fingerprint density at radius 3 is 2.38 bits per heavy atom. The number of hydrogen-bond donors (Lipinski definition) is 2. The average Bonchev–Trinajstić information content (AvgIpc) is 3.22. The van der Waals surface area contributed by atoms with Crippen molar-refractivity contribution in [2.45, 2.75) is 44.9 Å². The highest BCUT2D eigenvalue weighted by Gasteiger charge is 2.15. The number of carboxylic acid groups (broad SMARTS) is 1. The number of anilines is 2. The summed E-state index contributed by atoms with van der Waals surface area (Å²) in [5, 5.41) is 10.6. The molecule has 1 fully saturated rings. The van der Waals surface area contributed by atoms with Crippen molar-refractivity contribution in [2.24, 2.45) is 0 Å². The van der Waals surface area contributed by atoms with Gasteiger partial charge in [0, 0.05) is 12.5 Å². The summed E-state index contributed by atoms with van der Waals surface area (Å²) in [5.41, 5.74) is 6.05. The van der Waals surface area contributed by atoms with Crippen molar-refractivity contribution in [2.75, 3.05) is 5.32 Å². The minimum atomic E-state index is -0.833. The smallest absolute Gasteiger partial charge is 0.300 e. The topological polar surface area (TPSA) is 88.2 Å². The Morgan fingerprint density at radius 2 is 1.72 bits per heavy atom. The quantitative estimate of drug-likeness (QED) is 0.372. The second kappa shape index (κ2) is 10.1. The Bertz CT molecular complexity index is 1120. The third-order valence-corrected chi connectivity index (χ3v) is 5.59. The first-order valence-corrected chi connectivity index (χ1v) is 11.0. The van der Waals surface area contributed by atoms with Gasteiger partial charge in [0.2, 0.25) is 0 Å². The third-order valence-electron chi connectivity index (χ3n) is 5.59. The van der Waals surface area contributed by atoms with Gasteiger partial charge in [0.15, 0.2) is 5.58 Å². The first kappa shape index (κ1) is 21.6. The Labute approximate surface area is 187 Å². The molecule has 0 radical (unpaired) electrons. The molecule has 2 aromatic carbocycles. The molecule has 0 aliphatic heterocycles. The van der Waals surface area contributed by atoms with Crippen LogP contribution in [0.4, 0.5) is 11.7 Å². The minimum Gasteiger partial charge on any atom is -0.481 e. The molecule has 5 rings (SSSR count). The molecule has 2 N–H and O–H groups in total. The molecule has 1 aliphatic carbocycles. The van der Waals surface area contributed by atoms with E-state index in [2.05, 4.69) is 39.6 Å². The molecule has 6 heteroatoms. The van der Waals surface area contributed by atoms with Gasteiger partial charge < -0.3 is 14.8 Å². The number of carboxylic acids is 1. The van der Waals surface area contributed by atoms with E-state index in [0.29, 0.717) is 6.01 Å². The molecule has 32 heavy (non-hydrogen) atoms. The third kappa shape index (κ3) is 5.52. The predicted octanol–water partition coefficient (Wildman–Crippen LogP) is 6.77. The van der Waals surface area contributed by atoms with Gasteiger partial charge in [-0.1, -0.05) is 55.7 Å². The van der Waals surface area contributed by atoms with E-state index in [9.17, 15) is 0 Å². The van der Waals surface area contributed by atoms with E-state index in [1.54, 1.807) is 0 Å². The summed E-state index contributed by atoms with van der Waals surface area (Å²) in [4.78, 5) is 18.0. The van der Waals surface area contributed by atoms with Crippen LogP contribution in [0, 0.1) is 0 Å². The van der Waals surface area contributed by atoms with Crippen LogP contribution in [-0.2, 0) is 4.79 Å². The van der Waals surface area contributed by atoms with Gasteiger partial charge in [0.25, 0.3) is 12.0 Å². The molecule has 1 aliphatic rings. The first-order valence-electron chi connectivity index (χ1n) is 11.0. The molecular formula is C26H27N3O3. The van der Waals surface area contributed by atoms with Crippen molar-refractivity contribution in [3.8, 4) is 11.3 Å². The number of oxazole rings is 1. The Balaban J connectivity index is 0.000000567. The molecule has 6 nitrogen and oxygen atoms in total. The molecular weight excluding hydrogens is 402 g/mol. The van der Waals surface area contributed by atoms with Crippen LogP contribution in [0.15, 0.2) is 71.3 Å². The molecule has 1 saturated carbocycles. The van der Waals surface area contributed by atoms with Crippen molar-refractivity contribution < 1.29 is 14.3 Å². The summed E-state index contributed by atoms with van der Waals surface area (Å²) in [6.07, 6.45) is 8.59. The molecule has 4 aromatic rings. The Kier molecular flexibility index (Phi) is 6.80. The van der Waals surface area contributed by atoms with E-state index in [1.165, 1.54) is 37.7 Å². The van der Waals surface area contributed by atoms with Gasteiger partial charge in [-0.05, 0) is 48.6 Å². The van der Waals surface area contributed by atoms with E-state index < -0.39 is 5.97 Å². The van der Waals surface area contributed by atoms with Crippen LogP contribution >= 0.6 is 0 Å². The fourth-order valence-corrected chi connectivity index (χ4v) is 4.05. The summed E-state index contributed by atoms with van der Waals surface area (Å²) >= 11 is 0. The SMILES string of the molecule is CC(=O)O.c1ccc2oc(Nc3ccc(-c4ccc(C5CCCCC5)cc4)nc3)nc2c1. The molecule has 164 valence electrons. The van der Waals surface area contributed by atoms with E-state index in [-0.39, 0.29) is 0 Å². The van der Waals surface area contributed by atoms with Crippen LogP contribution in [-0.4, -0.2) is 21.0 Å². The maximum atomic E-state index is 9.00. The summed E-state index contributed by atoms with van der Waals surface area (Å²) in [6, 6.07) is 21.2. The summed E-state index contributed by atoms with van der Waals surface area (Å²) < 4.78 is 5.71. The molecule has 0 spiro atoms. The number of fused-ring (bicyclic) bond motifs is 1. The van der Waals surface area contributed by atoms with E-state index in [0.717, 1.165) is 40.9 Å². The van der Waals surface area contributed by atoms with Gasteiger partial charge in [-0.25, -0.2) is 0 Å². The molecule has 2 heterocycles. The monoisotopic (exact) mass is 429 g/mol. The Morgan fingerprint density at radius 1 is 1.00 bits per heavy atom. The average molecular weight is 430 g/mol. The highest BCUT2D eigenvalue weighted by molar-refractivity contribution is 5.75. The lowest BCUT2D eigenvalue weighted by molar-refractivity contribution is -0.134. The lowest BCUT2D eigenvalue weighted by Crippen LogP contribution is -2.04. The molecule has 2 aromatic heterocycles. The molecule has 0 amide bonds. The van der Waals surface area contributed by atoms with Crippen molar-refractivity contribution in [1.82, 2.24) is 9.97 Å². The van der Waals surface area contributed by atoms with Crippen molar-refractivity contribution in [3.63, 3.8) is 0 Å². The molecule has 0 bridgehead atoms. The number of benzene rings is 2. The minimum absolute atomic E-state index is 0.479. The number of carbonyl (C=O) groups is 1. The fraction of sp³-hybridized carbons (Fsp3) is 0.269. The maximum Gasteiger partial charge on any atom is 0.300 e. The maximum absolute atomic E-state index is 9.00. The Hall–Kier alpha value is -3.67. The van der Waals surface area contributed by atoms with Crippen molar-refractivity contribution in [3.05, 3.63) is 72.4 Å². The van der Waals surface area contributed by atoms with Gasteiger partial charge in [0.05, 0.1) is 17.6 Å². The van der Waals surface area contributed by atoms with Crippen molar-refractivity contribution in [1.29, 1.82) is 0 Å². The fourth-order valence-electron chi connectivity index (χ4n) is 4.05. The van der Waals surface area contributed by atoms with Crippen LogP contribution in [0.25, 0.3) is 22.4 Å². The van der Waals surface area contributed by atoms with Crippen LogP contribution in [0.3, 0.4) is 0 Å². The molecule has 0 unspecified atom stereocenters. The van der Waals surface area contributed by atoms with E-state index in [4.69, 9.17) is 14.3 Å². The molecule has 0 saturated heterocycles. The van der Waals surface area contributed by atoms with Crippen molar-refractivity contribution >= 4 is 28.8 Å². The van der Waals surface area contributed by atoms with Crippen LogP contribution < -0.4 is 5.32 Å². The van der Waals surface area contributed by atoms with E-state index in [1.807, 2.05) is 42.6 Å². The van der Waals surface area contributed by atoms with Gasteiger partial charge in [-0.2, -0.15) is 4.98 Å². The second-order valence-corrected chi connectivity index (χ2v) is 8.02. The number of nitrogens with one attached hydrogen (secondary N) is 1. The number of aliphatic carboxylic acids is 1. The number of aromatic nitrogens is 2. The highest BCUT2D eigenvalue weighted by atomic mass is 16.4. The largest absolute Gasteiger partial charge is 0.481 e. The summed E-state index contributed by atoms with van der Waals surface area (Å²) in [6.45, 7) is 1.08. The van der Waals surface area contributed by atoms with E-state index >= 15 is 0 Å². The van der Waals surface area contributed by atoms with Crippen LogP contribution in [0.2, 0.25) is 0 Å². The molecule has 0 atom stereocenters. The highest BCUT2D eigenvalue weighted by Crippen LogP contribution is 2.33. The van der Waals surface area contributed by atoms with Crippen LogP contribution in [0.5, 0.6) is 0 Å². The normalized spacial score (nSPS) is 13.9. The standard InChI is InChI=1S/C24H23N3O.C2H4O2/c1-2-6-17(7-3-1)18-10-12-19(13-11-18)21-15-14-20(16-25-21)26-24-27-22-8-4-5-9-23(22)28-24;1-2(3)4/h4-5,8-17H,1-3,6-7H2,(H,26,27);1H3,(H,3,4). The summed E-state index contributed by atoms with van der Waals surface area (Å²) in [7, 11) is 0. The number of para-hydroxylation sites is 2. The van der Waals surface area contributed by atoms with Gasteiger partial charge in [-0.15, -0.1) is 0 Å². The zero-order valence-corrected chi connectivity index (χ0v) is 18.1.